The quantitative estimate of drug-likeness (QED) is 0.298. The monoisotopic (exact) mass is 364 g/mol. The van der Waals surface area contributed by atoms with Gasteiger partial charge in [0, 0.05) is 5.02 Å². The van der Waals surface area contributed by atoms with Crippen LogP contribution in [0.5, 0.6) is 0 Å². The summed E-state index contributed by atoms with van der Waals surface area (Å²) >= 11 is 6.15. The Hall–Kier alpha value is -3.09. The predicted octanol–water partition coefficient (Wildman–Crippen LogP) is 7.98. The van der Waals surface area contributed by atoms with E-state index in [1.54, 1.807) is 0 Å². The minimum Gasteiger partial charge on any atom is -0.0843 e. The highest BCUT2D eigenvalue weighted by atomic mass is 35.5. The third kappa shape index (κ3) is 2.99. The molecule has 0 amide bonds. The van der Waals surface area contributed by atoms with E-state index in [0.717, 1.165) is 10.6 Å². The largest absolute Gasteiger partial charge is 0.0843 e. The van der Waals surface area contributed by atoms with Gasteiger partial charge >= 0.3 is 0 Å². The Morgan fingerprint density at radius 1 is 0.444 bits per heavy atom. The molecular weight excluding hydrogens is 348 g/mol. The molecule has 0 spiro atoms. The molecule has 0 aromatic heterocycles. The molecule has 0 aliphatic carbocycles. The van der Waals surface area contributed by atoms with Crippen molar-refractivity contribution in [1.82, 2.24) is 0 Å². The second-order valence-corrected chi connectivity index (χ2v) is 7.25. The van der Waals surface area contributed by atoms with Gasteiger partial charge in [-0.25, -0.2) is 0 Å². The van der Waals surface area contributed by atoms with E-state index in [1.807, 2.05) is 18.2 Å². The fourth-order valence-corrected chi connectivity index (χ4v) is 3.93. The first-order valence-electron chi connectivity index (χ1n) is 9.06. The Labute approximate surface area is 163 Å². The molecule has 128 valence electrons. The van der Waals surface area contributed by atoms with Crippen LogP contribution in [0.4, 0.5) is 0 Å². The zero-order chi connectivity index (χ0) is 18.2. The Balaban J connectivity index is 1.63. The molecule has 0 aliphatic heterocycles. The molecule has 0 nitrogen and oxygen atoms in total. The molecule has 5 aromatic rings. The second-order valence-electron chi connectivity index (χ2n) is 6.81. The van der Waals surface area contributed by atoms with Crippen molar-refractivity contribution < 1.29 is 0 Å². The normalized spacial score (nSPS) is 11.1. The summed E-state index contributed by atoms with van der Waals surface area (Å²) in [5.74, 6) is 0. The smallest absolute Gasteiger partial charge is 0.0412 e. The molecular formula is C26H17Cl. The maximum atomic E-state index is 6.15. The highest BCUT2D eigenvalue weighted by Gasteiger charge is 2.06. The van der Waals surface area contributed by atoms with Gasteiger partial charge in [-0.2, -0.15) is 0 Å². The van der Waals surface area contributed by atoms with Crippen molar-refractivity contribution in [3.05, 3.63) is 108 Å². The van der Waals surface area contributed by atoms with Crippen molar-refractivity contribution in [2.45, 2.75) is 0 Å². The van der Waals surface area contributed by atoms with Gasteiger partial charge in [0.25, 0.3) is 0 Å². The van der Waals surface area contributed by atoms with Crippen LogP contribution in [-0.2, 0) is 0 Å². The molecule has 0 unspecified atom stereocenters. The van der Waals surface area contributed by atoms with E-state index in [4.69, 9.17) is 11.6 Å². The number of rotatable bonds is 2. The Morgan fingerprint density at radius 2 is 1.11 bits per heavy atom. The van der Waals surface area contributed by atoms with E-state index in [9.17, 15) is 0 Å². The first-order valence-corrected chi connectivity index (χ1v) is 9.44. The standard InChI is InChI=1S/C26H17Cl/c27-24-8-3-7-19(17-24)20-11-12-22-16-23(14-13-21(22)15-20)26-10-4-6-18-5-1-2-9-25(18)26/h1-17H. The highest BCUT2D eigenvalue weighted by molar-refractivity contribution is 6.30. The molecule has 0 fully saturated rings. The van der Waals surface area contributed by atoms with Gasteiger partial charge in [0.2, 0.25) is 0 Å². The van der Waals surface area contributed by atoms with Crippen LogP contribution in [0.3, 0.4) is 0 Å². The maximum absolute atomic E-state index is 6.15. The number of hydrogen-bond acceptors (Lipinski definition) is 0. The lowest BCUT2D eigenvalue weighted by Crippen LogP contribution is -1.83. The molecule has 0 heterocycles. The fraction of sp³-hybridized carbons (Fsp3) is 0. The zero-order valence-electron chi connectivity index (χ0n) is 14.7. The summed E-state index contributed by atoms with van der Waals surface area (Å²) < 4.78 is 0. The summed E-state index contributed by atoms with van der Waals surface area (Å²) in [7, 11) is 0. The van der Waals surface area contributed by atoms with Crippen LogP contribution in [0.15, 0.2) is 103 Å². The van der Waals surface area contributed by atoms with Crippen LogP contribution in [-0.4, -0.2) is 0 Å². The van der Waals surface area contributed by atoms with E-state index < -0.39 is 0 Å². The summed E-state index contributed by atoms with van der Waals surface area (Å²) in [6.07, 6.45) is 0. The highest BCUT2D eigenvalue weighted by Crippen LogP contribution is 2.32. The van der Waals surface area contributed by atoms with E-state index in [1.165, 1.54) is 38.2 Å². The molecule has 0 saturated heterocycles. The van der Waals surface area contributed by atoms with Crippen LogP contribution in [0, 0.1) is 0 Å². The van der Waals surface area contributed by atoms with E-state index in [0.29, 0.717) is 0 Å². The number of fused-ring (bicyclic) bond motifs is 2. The topological polar surface area (TPSA) is 0 Å². The SMILES string of the molecule is Clc1cccc(-c2ccc3cc(-c4cccc5ccccc45)ccc3c2)c1. The average molecular weight is 365 g/mol. The molecule has 0 bridgehead atoms. The van der Waals surface area contributed by atoms with E-state index in [2.05, 4.69) is 84.9 Å². The van der Waals surface area contributed by atoms with Crippen LogP contribution in [0.2, 0.25) is 5.02 Å². The van der Waals surface area contributed by atoms with Crippen LogP contribution < -0.4 is 0 Å². The molecule has 0 aliphatic rings. The summed E-state index contributed by atoms with van der Waals surface area (Å²) in [4.78, 5) is 0. The van der Waals surface area contributed by atoms with Crippen molar-refractivity contribution >= 4 is 33.1 Å². The predicted molar refractivity (Wildman–Crippen MR) is 117 cm³/mol. The van der Waals surface area contributed by atoms with Gasteiger partial charge in [-0.05, 0) is 68.1 Å². The fourth-order valence-electron chi connectivity index (χ4n) is 3.74. The molecule has 5 aromatic carbocycles. The average Bonchev–Trinajstić information content (AvgIpc) is 2.72. The first kappa shape index (κ1) is 16.1. The van der Waals surface area contributed by atoms with Gasteiger partial charge in [-0.1, -0.05) is 90.5 Å². The maximum Gasteiger partial charge on any atom is 0.0412 e. The minimum absolute atomic E-state index is 0.763. The van der Waals surface area contributed by atoms with Gasteiger partial charge in [0.15, 0.2) is 0 Å². The van der Waals surface area contributed by atoms with Crippen LogP contribution in [0.25, 0.3) is 43.8 Å². The van der Waals surface area contributed by atoms with Gasteiger partial charge < -0.3 is 0 Å². The van der Waals surface area contributed by atoms with Crippen molar-refractivity contribution in [3.63, 3.8) is 0 Å². The number of benzene rings is 5. The van der Waals surface area contributed by atoms with Crippen molar-refractivity contribution in [1.29, 1.82) is 0 Å². The lowest BCUT2D eigenvalue weighted by atomic mass is 9.95. The summed E-state index contributed by atoms with van der Waals surface area (Å²) in [6, 6.07) is 36.3. The van der Waals surface area contributed by atoms with E-state index >= 15 is 0 Å². The molecule has 5 rings (SSSR count). The molecule has 27 heavy (non-hydrogen) atoms. The molecule has 0 radical (unpaired) electrons. The van der Waals surface area contributed by atoms with Gasteiger partial charge in [0.05, 0.1) is 0 Å². The van der Waals surface area contributed by atoms with Crippen LogP contribution in [0.1, 0.15) is 0 Å². The van der Waals surface area contributed by atoms with Crippen molar-refractivity contribution in [2.24, 2.45) is 0 Å². The summed E-state index contributed by atoms with van der Waals surface area (Å²) in [5.41, 5.74) is 4.84. The minimum atomic E-state index is 0.763. The molecule has 0 atom stereocenters. The van der Waals surface area contributed by atoms with Crippen molar-refractivity contribution in [3.8, 4) is 22.3 Å². The summed E-state index contributed by atoms with van der Waals surface area (Å²) in [5, 5.41) is 5.79. The third-order valence-electron chi connectivity index (χ3n) is 5.10. The summed E-state index contributed by atoms with van der Waals surface area (Å²) in [6.45, 7) is 0. The second kappa shape index (κ2) is 6.57. The Kier molecular flexibility index (Phi) is 3.92. The number of halogens is 1. The van der Waals surface area contributed by atoms with Gasteiger partial charge in [-0.3, -0.25) is 0 Å². The van der Waals surface area contributed by atoms with Crippen molar-refractivity contribution in [2.75, 3.05) is 0 Å². The molecule has 0 saturated carbocycles. The van der Waals surface area contributed by atoms with Gasteiger partial charge in [-0.15, -0.1) is 0 Å². The number of hydrogen-bond donors (Lipinski definition) is 0. The third-order valence-corrected chi connectivity index (χ3v) is 5.33. The lowest BCUT2D eigenvalue weighted by molar-refractivity contribution is 1.64. The van der Waals surface area contributed by atoms with Gasteiger partial charge in [0.1, 0.15) is 0 Å². The molecule has 0 N–H and O–H groups in total. The lowest BCUT2D eigenvalue weighted by Gasteiger charge is -2.09. The van der Waals surface area contributed by atoms with E-state index in [-0.39, 0.29) is 0 Å². The first-order chi connectivity index (χ1) is 13.3. The van der Waals surface area contributed by atoms with Crippen LogP contribution >= 0.6 is 11.6 Å². The Morgan fingerprint density at radius 3 is 1.96 bits per heavy atom. The molecule has 1 heteroatoms. The zero-order valence-corrected chi connectivity index (χ0v) is 15.4. The Bertz CT molecular complexity index is 1280.